The van der Waals surface area contributed by atoms with Gasteiger partial charge < -0.3 is 4.90 Å². The zero-order valence-electron chi connectivity index (χ0n) is 11.1. The molecule has 0 saturated heterocycles. The summed E-state index contributed by atoms with van der Waals surface area (Å²) in [4.78, 5) is 13.5. The third kappa shape index (κ3) is 3.17. The maximum atomic E-state index is 13.1. The van der Waals surface area contributed by atoms with Crippen molar-refractivity contribution < 1.29 is 9.18 Å². The molecule has 2 nitrogen and oxygen atoms in total. The van der Waals surface area contributed by atoms with E-state index in [-0.39, 0.29) is 23.6 Å². The Balaban J connectivity index is 2.44. The lowest BCUT2D eigenvalue weighted by Gasteiger charge is -2.28. The molecule has 0 aromatic heterocycles. The van der Waals surface area contributed by atoms with Crippen LogP contribution >= 0.6 is 11.6 Å². The Kier molecular flexibility index (Phi) is 4.74. The van der Waals surface area contributed by atoms with Gasteiger partial charge in [-0.25, -0.2) is 4.39 Å². The average molecular weight is 292 g/mol. The van der Waals surface area contributed by atoms with E-state index in [0.717, 1.165) is 11.1 Å². The Morgan fingerprint density at radius 1 is 1.10 bits per heavy atom. The molecule has 104 valence electrons. The Bertz CT molecular complexity index is 571. The van der Waals surface area contributed by atoms with Crippen molar-refractivity contribution in [3.05, 3.63) is 71.5 Å². The van der Waals surface area contributed by atoms with Gasteiger partial charge >= 0.3 is 0 Å². The molecule has 2 aromatic rings. The highest BCUT2D eigenvalue weighted by Gasteiger charge is 2.22. The van der Waals surface area contributed by atoms with Crippen molar-refractivity contribution in [1.82, 2.24) is 4.90 Å². The van der Waals surface area contributed by atoms with Crippen molar-refractivity contribution in [1.29, 1.82) is 0 Å². The molecular weight excluding hydrogens is 277 g/mol. The summed E-state index contributed by atoms with van der Waals surface area (Å²) in [6.45, 7) is 0. The van der Waals surface area contributed by atoms with E-state index in [1.54, 1.807) is 24.1 Å². The van der Waals surface area contributed by atoms with Crippen molar-refractivity contribution in [2.75, 3.05) is 12.9 Å². The number of benzene rings is 2. The second kappa shape index (κ2) is 6.53. The Morgan fingerprint density at radius 2 is 1.65 bits per heavy atom. The summed E-state index contributed by atoms with van der Waals surface area (Å²) < 4.78 is 13.1. The van der Waals surface area contributed by atoms with Crippen LogP contribution in [0.5, 0.6) is 0 Å². The minimum absolute atomic E-state index is 0.0823. The van der Waals surface area contributed by atoms with Crippen LogP contribution in [0.1, 0.15) is 17.2 Å². The molecule has 2 rings (SSSR count). The van der Waals surface area contributed by atoms with Crippen molar-refractivity contribution in [3.63, 3.8) is 0 Å². The monoisotopic (exact) mass is 291 g/mol. The molecule has 0 aliphatic carbocycles. The lowest BCUT2D eigenvalue weighted by atomic mass is 9.97. The number of hydrogen-bond donors (Lipinski definition) is 0. The molecule has 0 spiro atoms. The standard InChI is InChI=1S/C16H15ClFNO/c1-19(15(20)11-17)16(12-5-3-2-4-6-12)13-7-9-14(18)10-8-13/h2-10,16H,11H2,1H3. The highest BCUT2D eigenvalue weighted by Crippen LogP contribution is 2.27. The second-order valence-corrected chi connectivity index (χ2v) is 4.77. The van der Waals surface area contributed by atoms with Gasteiger partial charge in [0.15, 0.2) is 0 Å². The van der Waals surface area contributed by atoms with Gasteiger partial charge in [-0.15, -0.1) is 11.6 Å². The van der Waals surface area contributed by atoms with Crippen molar-refractivity contribution >= 4 is 17.5 Å². The zero-order valence-corrected chi connectivity index (χ0v) is 11.8. The van der Waals surface area contributed by atoms with Crippen LogP contribution < -0.4 is 0 Å². The largest absolute Gasteiger partial charge is 0.334 e. The van der Waals surface area contributed by atoms with E-state index in [0.29, 0.717) is 0 Å². The number of nitrogens with zero attached hydrogens (tertiary/aromatic N) is 1. The summed E-state index contributed by atoms with van der Waals surface area (Å²) in [5.74, 6) is -0.558. The Morgan fingerprint density at radius 3 is 2.20 bits per heavy atom. The first-order valence-electron chi connectivity index (χ1n) is 6.25. The van der Waals surface area contributed by atoms with Gasteiger partial charge in [0.1, 0.15) is 11.7 Å². The van der Waals surface area contributed by atoms with Gasteiger partial charge in [-0.3, -0.25) is 4.79 Å². The number of hydrogen-bond acceptors (Lipinski definition) is 1. The van der Waals surface area contributed by atoms with Gasteiger partial charge in [-0.1, -0.05) is 42.5 Å². The van der Waals surface area contributed by atoms with E-state index in [2.05, 4.69) is 0 Å². The van der Waals surface area contributed by atoms with Gasteiger partial charge in [0.25, 0.3) is 0 Å². The molecule has 1 unspecified atom stereocenters. The number of carbonyl (C=O) groups excluding carboxylic acids is 1. The zero-order chi connectivity index (χ0) is 14.5. The molecule has 0 fully saturated rings. The fourth-order valence-electron chi connectivity index (χ4n) is 2.16. The maximum absolute atomic E-state index is 13.1. The van der Waals surface area contributed by atoms with E-state index in [9.17, 15) is 9.18 Å². The first kappa shape index (κ1) is 14.5. The van der Waals surface area contributed by atoms with Crippen molar-refractivity contribution in [3.8, 4) is 0 Å². The second-order valence-electron chi connectivity index (χ2n) is 4.50. The minimum Gasteiger partial charge on any atom is -0.334 e. The molecule has 2 aromatic carbocycles. The van der Waals surface area contributed by atoms with Crippen molar-refractivity contribution in [2.45, 2.75) is 6.04 Å². The van der Waals surface area contributed by atoms with E-state index in [1.165, 1.54) is 12.1 Å². The van der Waals surface area contributed by atoms with Crippen molar-refractivity contribution in [2.24, 2.45) is 0 Å². The SMILES string of the molecule is CN(C(=O)CCl)C(c1ccccc1)c1ccc(F)cc1. The van der Waals surface area contributed by atoms with Crippen LogP contribution in [-0.2, 0) is 4.79 Å². The number of rotatable bonds is 4. The summed E-state index contributed by atoms with van der Waals surface area (Å²) in [7, 11) is 1.70. The minimum atomic E-state index is -0.299. The molecule has 1 atom stereocenters. The van der Waals surface area contributed by atoms with Crippen LogP contribution in [-0.4, -0.2) is 23.7 Å². The molecule has 0 bridgehead atoms. The fourth-order valence-corrected chi connectivity index (χ4v) is 2.35. The predicted molar refractivity (Wildman–Crippen MR) is 78.2 cm³/mol. The molecule has 0 aliphatic heterocycles. The van der Waals surface area contributed by atoms with E-state index in [4.69, 9.17) is 11.6 Å². The molecule has 4 heteroatoms. The fraction of sp³-hybridized carbons (Fsp3) is 0.188. The number of carbonyl (C=O) groups is 1. The van der Waals surface area contributed by atoms with Crippen LogP contribution in [0.15, 0.2) is 54.6 Å². The normalized spacial score (nSPS) is 11.9. The van der Waals surface area contributed by atoms with Gasteiger partial charge in [0.2, 0.25) is 5.91 Å². The molecule has 20 heavy (non-hydrogen) atoms. The topological polar surface area (TPSA) is 20.3 Å². The van der Waals surface area contributed by atoms with E-state index in [1.807, 2.05) is 30.3 Å². The van der Waals surface area contributed by atoms with Crippen LogP contribution in [0.25, 0.3) is 0 Å². The lowest BCUT2D eigenvalue weighted by molar-refractivity contribution is -0.128. The number of alkyl halides is 1. The first-order chi connectivity index (χ1) is 9.63. The average Bonchev–Trinajstić information content (AvgIpc) is 2.49. The van der Waals surface area contributed by atoms with Gasteiger partial charge in [0.05, 0.1) is 6.04 Å². The van der Waals surface area contributed by atoms with Gasteiger partial charge in [-0.2, -0.15) is 0 Å². The Labute approximate surface area is 122 Å². The lowest BCUT2D eigenvalue weighted by Crippen LogP contribution is -2.32. The third-order valence-electron chi connectivity index (χ3n) is 3.20. The molecule has 0 saturated carbocycles. The molecular formula is C16H15ClFNO. The highest BCUT2D eigenvalue weighted by atomic mass is 35.5. The van der Waals surface area contributed by atoms with Gasteiger partial charge in [-0.05, 0) is 23.3 Å². The molecule has 0 radical (unpaired) electrons. The smallest absolute Gasteiger partial charge is 0.238 e. The quantitative estimate of drug-likeness (QED) is 0.788. The predicted octanol–water partition coefficient (Wildman–Crippen LogP) is 3.61. The van der Waals surface area contributed by atoms with Crippen LogP contribution in [0, 0.1) is 5.82 Å². The molecule has 0 aliphatic rings. The third-order valence-corrected chi connectivity index (χ3v) is 3.42. The summed E-state index contributed by atoms with van der Waals surface area (Å²) >= 11 is 5.64. The van der Waals surface area contributed by atoms with Crippen LogP contribution in [0.4, 0.5) is 4.39 Å². The maximum Gasteiger partial charge on any atom is 0.238 e. The molecule has 0 N–H and O–H groups in total. The number of amides is 1. The van der Waals surface area contributed by atoms with E-state index < -0.39 is 0 Å². The molecule has 0 heterocycles. The summed E-state index contributed by atoms with van der Waals surface area (Å²) in [5.41, 5.74) is 1.80. The van der Waals surface area contributed by atoms with E-state index >= 15 is 0 Å². The Hall–Kier alpha value is -1.87. The van der Waals surface area contributed by atoms with Gasteiger partial charge in [0, 0.05) is 7.05 Å². The highest BCUT2D eigenvalue weighted by molar-refractivity contribution is 6.27. The summed E-state index contributed by atoms with van der Waals surface area (Å²) in [5, 5.41) is 0. The van der Waals surface area contributed by atoms with Crippen LogP contribution in [0.3, 0.4) is 0 Å². The first-order valence-corrected chi connectivity index (χ1v) is 6.79. The van der Waals surface area contributed by atoms with Crippen LogP contribution in [0.2, 0.25) is 0 Å². The molecule has 1 amide bonds. The number of halogens is 2. The summed E-state index contributed by atoms with van der Waals surface area (Å²) in [6.07, 6.45) is 0. The summed E-state index contributed by atoms with van der Waals surface area (Å²) in [6, 6.07) is 15.5.